The second-order valence-corrected chi connectivity index (χ2v) is 6.72. The van der Waals surface area contributed by atoms with Crippen molar-refractivity contribution in [3.8, 4) is 0 Å². The van der Waals surface area contributed by atoms with Crippen LogP contribution in [0.4, 0.5) is 0 Å². The molecule has 23 heavy (non-hydrogen) atoms. The van der Waals surface area contributed by atoms with Gasteiger partial charge in [-0.3, -0.25) is 0 Å². The summed E-state index contributed by atoms with van der Waals surface area (Å²) < 4.78 is 4.87. The van der Waals surface area contributed by atoms with Gasteiger partial charge in [-0.1, -0.05) is 56.3 Å². The average molecular weight is 306 g/mol. The van der Waals surface area contributed by atoms with Crippen molar-refractivity contribution < 1.29 is 9.53 Å². The van der Waals surface area contributed by atoms with Crippen molar-refractivity contribution in [2.24, 2.45) is 0 Å². The molecule has 118 valence electrons. The number of carbonyl (C=O) groups excluding carboxylic acids is 1. The first-order valence-corrected chi connectivity index (χ1v) is 7.97. The van der Waals surface area contributed by atoms with Crippen LogP contribution in [-0.2, 0) is 16.6 Å². The SMILES string of the molecule is COC(=O)c1ccc2c(c1)CC(c1ccccc1)=CCC2(C)C. The second kappa shape index (κ2) is 6.04. The van der Waals surface area contributed by atoms with Crippen LogP contribution < -0.4 is 0 Å². The fourth-order valence-electron chi connectivity index (χ4n) is 3.28. The van der Waals surface area contributed by atoms with Crippen LogP contribution >= 0.6 is 0 Å². The van der Waals surface area contributed by atoms with Gasteiger partial charge in [-0.2, -0.15) is 0 Å². The molecule has 0 radical (unpaired) electrons. The van der Waals surface area contributed by atoms with Gasteiger partial charge in [0, 0.05) is 0 Å². The van der Waals surface area contributed by atoms with E-state index in [9.17, 15) is 4.79 Å². The molecule has 0 saturated heterocycles. The average Bonchev–Trinajstić information content (AvgIpc) is 2.71. The van der Waals surface area contributed by atoms with Crippen LogP contribution in [0, 0.1) is 0 Å². The largest absolute Gasteiger partial charge is 0.465 e. The summed E-state index contributed by atoms with van der Waals surface area (Å²) in [4.78, 5) is 11.9. The molecule has 0 N–H and O–H groups in total. The van der Waals surface area contributed by atoms with Crippen LogP contribution in [0.25, 0.3) is 5.57 Å². The van der Waals surface area contributed by atoms with Crippen LogP contribution in [0.15, 0.2) is 54.6 Å². The molecule has 0 bridgehead atoms. The number of rotatable bonds is 2. The lowest BCUT2D eigenvalue weighted by Crippen LogP contribution is -2.17. The quantitative estimate of drug-likeness (QED) is 0.746. The van der Waals surface area contributed by atoms with E-state index in [1.165, 1.54) is 29.4 Å². The first-order valence-electron chi connectivity index (χ1n) is 7.97. The molecule has 0 unspecified atom stereocenters. The van der Waals surface area contributed by atoms with Gasteiger partial charge < -0.3 is 4.74 Å². The molecule has 0 fully saturated rings. The zero-order valence-corrected chi connectivity index (χ0v) is 13.9. The molecule has 2 aromatic rings. The summed E-state index contributed by atoms with van der Waals surface area (Å²) in [7, 11) is 1.42. The summed E-state index contributed by atoms with van der Waals surface area (Å²) in [5.74, 6) is -0.278. The molecule has 2 aromatic carbocycles. The molecular weight excluding hydrogens is 284 g/mol. The highest BCUT2D eigenvalue weighted by molar-refractivity contribution is 5.90. The normalized spacial score (nSPS) is 16.0. The van der Waals surface area contributed by atoms with E-state index < -0.39 is 0 Å². The van der Waals surface area contributed by atoms with Gasteiger partial charge in [0.1, 0.15) is 0 Å². The van der Waals surface area contributed by atoms with E-state index in [1.807, 2.05) is 18.2 Å². The highest BCUT2D eigenvalue weighted by atomic mass is 16.5. The maximum Gasteiger partial charge on any atom is 0.337 e. The third kappa shape index (κ3) is 3.07. The number of allylic oxidation sites excluding steroid dienone is 2. The van der Waals surface area contributed by atoms with E-state index in [4.69, 9.17) is 4.74 Å². The summed E-state index contributed by atoms with van der Waals surface area (Å²) in [6.07, 6.45) is 4.17. The van der Waals surface area contributed by atoms with Crippen molar-refractivity contribution in [1.29, 1.82) is 0 Å². The van der Waals surface area contributed by atoms with E-state index in [-0.39, 0.29) is 11.4 Å². The minimum Gasteiger partial charge on any atom is -0.465 e. The minimum atomic E-state index is -0.278. The summed E-state index contributed by atoms with van der Waals surface area (Å²) in [6.45, 7) is 4.52. The van der Waals surface area contributed by atoms with Crippen molar-refractivity contribution in [2.75, 3.05) is 7.11 Å². The van der Waals surface area contributed by atoms with E-state index in [0.29, 0.717) is 5.56 Å². The summed E-state index contributed by atoms with van der Waals surface area (Å²) in [5, 5.41) is 0. The van der Waals surface area contributed by atoms with Gasteiger partial charge in [-0.15, -0.1) is 0 Å². The first kappa shape index (κ1) is 15.5. The number of hydrogen-bond donors (Lipinski definition) is 0. The molecule has 0 aromatic heterocycles. The van der Waals surface area contributed by atoms with Gasteiger partial charge in [0.25, 0.3) is 0 Å². The van der Waals surface area contributed by atoms with Crippen LogP contribution in [-0.4, -0.2) is 13.1 Å². The van der Waals surface area contributed by atoms with Gasteiger partial charge in [0.05, 0.1) is 12.7 Å². The Hall–Kier alpha value is -2.35. The molecule has 0 aliphatic heterocycles. The molecule has 0 heterocycles. The number of carbonyl (C=O) groups is 1. The molecule has 1 aliphatic carbocycles. The molecule has 0 spiro atoms. The molecule has 3 rings (SSSR count). The number of hydrogen-bond acceptors (Lipinski definition) is 2. The Morgan fingerprint density at radius 3 is 2.52 bits per heavy atom. The number of ether oxygens (including phenoxy) is 1. The second-order valence-electron chi connectivity index (χ2n) is 6.72. The van der Waals surface area contributed by atoms with Gasteiger partial charge >= 0.3 is 5.97 Å². The maximum absolute atomic E-state index is 11.9. The molecule has 2 heteroatoms. The molecular formula is C21H22O2. The van der Waals surface area contributed by atoms with Crippen LogP contribution in [0.1, 0.15) is 47.3 Å². The third-order valence-corrected chi connectivity index (χ3v) is 4.64. The Morgan fingerprint density at radius 2 is 1.83 bits per heavy atom. The maximum atomic E-state index is 11.9. The Labute approximate surface area is 137 Å². The number of fused-ring (bicyclic) bond motifs is 1. The lowest BCUT2D eigenvalue weighted by molar-refractivity contribution is 0.0600. The lowest BCUT2D eigenvalue weighted by atomic mass is 9.79. The van der Waals surface area contributed by atoms with Crippen molar-refractivity contribution in [3.05, 3.63) is 76.9 Å². The van der Waals surface area contributed by atoms with Crippen LogP contribution in [0.3, 0.4) is 0 Å². The van der Waals surface area contributed by atoms with Crippen LogP contribution in [0.2, 0.25) is 0 Å². The van der Waals surface area contributed by atoms with E-state index >= 15 is 0 Å². The number of methoxy groups -OCH3 is 1. The Balaban J connectivity index is 2.07. The van der Waals surface area contributed by atoms with Gasteiger partial charge in [0.15, 0.2) is 0 Å². The zero-order valence-electron chi connectivity index (χ0n) is 13.9. The molecule has 2 nitrogen and oxygen atoms in total. The van der Waals surface area contributed by atoms with Gasteiger partial charge in [0.2, 0.25) is 0 Å². The Bertz CT molecular complexity index is 755. The third-order valence-electron chi connectivity index (χ3n) is 4.64. The molecule has 1 aliphatic rings. The standard InChI is InChI=1S/C21H22O2/c1-21(2)12-11-16(15-7-5-4-6-8-15)13-18-14-17(20(22)23-3)9-10-19(18)21/h4-11,14H,12-13H2,1-3H3. The predicted octanol–water partition coefficient (Wildman–Crippen LogP) is 4.78. The summed E-state index contributed by atoms with van der Waals surface area (Å²) >= 11 is 0. The summed E-state index contributed by atoms with van der Waals surface area (Å²) in [5.41, 5.74) is 5.77. The minimum absolute atomic E-state index is 0.0561. The van der Waals surface area contributed by atoms with Gasteiger partial charge in [-0.25, -0.2) is 4.79 Å². The van der Waals surface area contributed by atoms with Crippen LogP contribution in [0.5, 0.6) is 0 Å². The number of esters is 1. The van der Waals surface area contributed by atoms with E-state index in [1.54, 1.807) is 0 Å². The zero-order chi connectivity index (χ0) is 16.4. The van der Waals surface area contributed by atoms with E-state index in [0.717, 1.165) is 12.8 Å². The van der Waals surface area contributed by atoms with Crippen molar-refractivity contribution >= 4 is 11.5 Å². The fourth-order valence-corrected chi connectivity index (χ4v) is 3.28. The lowest BCUT2D eigenvalue weighted by Gasteiger charge is -2.25. The Kier molecular flexibility index (Phi) is 4.08. The molecule has 0 atom stereocenters. The fraction of sp³-hybridized carbons (Fsp3) is 0.286. The molecule has 0 amide bonds. The first-order chi connectivity index (χ1) is 11.0. The van der Waals surface area contributed by atoms with Crippen molar-refractivity contribution in [3.63, 3.8) is 0 Å². The summed E-state index contributed by atoms with van der Waals surface area (Å²) in [6, 6.07) is 16.4. The molecule has 0 saturated carbocycles. The number of benzene rings is 2. The monoisotopic (exact) mass is 306 g/mol. The topological polar surface area (TPSA) is 26.3 Å². The van der Waals surface area contributed by atoms with Crippen molar-refractivity contribution in [1.82, 2.24) is 0 Å². The highest BCUT2D eigenvalue weighted by Gasteiger charge is 2.26. The van der Waals surface area contributed by atoms with E-state index in [2.05, 4.69) is 50.3 Å². The smallest absolute Gasteiger partial charge is 0.337 e. The highest BCUT2D eigenvalue weighted by Crippen LogP contribution is 2.37. The van der Waals surface area contributed by atoms with Crippen molar-refractivity contribution in [2.45, 2.75) is 32.1 Å². The van der Waals surface area contributed by atoms with Gasteiger partial charge in [-0.05, 0) is 52.7 Å². The predicted molar refractivity (Wildman–Crippen MR) is 93.5 cm³/mol. The Morgan fingerprint density at radius 1 is 1.09 bits per heavy atom.